The lowest BCUT2D eigenvalue weighted by Crippen LogP contribution is -2.33. The van der Waals surface area contributed by atoms with Crippen molar-refractivity contribution in [3.63, 3.8) is 0 Å². The highest BCUT2D eigenvalue weighted by molar-refractivity contribution is 6.58. The van der Waals surface area contributed by atoms with Crippen LogP contribution in [0.5, 0.6) is 0 Å². The van der Waals surface area contributed by atoms with E-state index in [2.05, 4.69) is 17.2 Å². The molecule has 1 aliphatic rings. The van der Waals surface area contributed by atoms with Gasteiger partial charge in [-0.2, -0.15) is 0 Å². The normalized spacial score (nSPS) is 16.8. The Labute approximate surface area is 109 Å². The van der Waals surface area contributed by atoms with Crippen LogP contribution < -0.4 is 10.8 Å². The van der Waals surface area contributed by atoms with Crippen LogP contribution in [0, 0.1) is 0 Å². The quantitative estimate of drug-likeness (QED) is 0.665. The molecule has 4 nitrogen and oxygen atoms in total. The lowest BCUT2D eigenvalue weighted by atomic mass is 9.78. The number of aromatic nitrogens is 1. The molecule has 1 fully saturated rings. The molecule has 0 aromatic carbocycles. The third kappa shape index (κ3) is 3.31. The molecule has 0 bridgehead atoms. The highest BCUT2D eigenvalue weighted by atomic mass is 16.4. The number of piperidine rings is 1. The summed E-state index contributed by atoms with van der Waals surface area (Å²) >= 11 is 0. The van der Waals surface area contributed by atoms with Crippen molar-refractivity contribution in [2.24, 2.45) is 0 Å². The highest BCUT2D eigenvalue weighted by Gasteiger charge is 2.20. The number of rotatable bonds is 4. The molecule has 1 aliphatic heterocycles. The molecule has 1 aromatic heterocycles. The minimum atomic E-state index is -1.40. The van der Waals surface area contributed by atoms with Crippen molar-refractivity contribution in [2.45, 2.75) is 38.5 Å². The summed E-state index contributed by atoms with van der Waals surface area (Å²) in [5.41, 5.74) is 2.56. The zero-order valence-electron chi connectivity index (χ0n) is 10.9. The maximum Gasteiger partial charge on any atom is 0.488 e. The SMILES string of the molecule is CCCc1cc(B(O)O)cc(C2CCNCC2)n1. The van der Waals surface area contributed by atoms with E-state index in [1.807, 2.05) is 6.07 Å². The maximum atomic E-state index is 9.35. The van der Waals surface area contributed by atoms with Gasteiger partial charge in [-0.05, 0) is 49.9 Å². The van der Waals surface area contributed by atoms with E-state index >= 15 is 0 Å². The number of hydrogen-bond acceptors (Lipinski definition) is 4. The number of nitrogens with one attached hydrogen (secondary N) is 1. The summed E-state index contributed by atoms with van der Waals surface area (Å²) in [7, 11) is -1.40. The molecule has 1 aromatic rings. The fourth-order valence-electron chi connectivity index (χ4n) is 2.50. The van der Waals surface area contributed by atoms with Crippen LogP contribution in [0.15, 0.2) is 12.1 Å². The topological polar surface area (TPSA) is 65.4 Å². The van der Waals surface area contributed by atoms with Gasteiger partial charge in [-0.15, -0.1) is 0 Å². The molecule has 0 saturated carbocycles. The average molecular weight is 248 g/mol. The van der Waals surface area contributed by atoms with Gasteiger partial charge >= 0.3 is 7.12 Å². The first-order valence-corrected chi connectivity index (χ1v) is 6.78. The van der Waals surface area contributed by atoms with Crippen LogP contribution in [0.3, 0.4) is 0 Å². The minimum absolute atomic E-state index is 0.445. The van der Waals surface area contributed by atoms with Crippen LogP contribution in [0.25, 0.3) is 0 Å². The first-order valence-electron chi connectivity index (χ1n) is 6.78. The molecule has 0 atom stereocenters. The van der Waals surface area contributed by atoms with Crippen molar-refractivity contribution in [1.29, 1.82) is 0 Å². The Morgan fingerprint density at radius 1 is 1.33 bits per heavy atom. The predicted octanol–water partition coefficient (Wildman–Crippen LogP) is 0.181. The summed E-state index contributed by atoms with van der Waals surface area (Å²) in [6.07, 6.45) is 4.05. The van der Waals surface area contributed by atoms with E-state index in [0.717, 1.165) is 50.2 Å². The van der Waals surface area contributed by atoms with Crippen LogP contribution in [0.4, 0.5) is 0 Å². The van der Waals surface area contributed by atoms with Crippen LogP contribution >= 0.6 is 0 Å². The second-order valence-electron chi connectivity index (χ2n) is 4.96. The maximum absolute atomic E-state index is 9.35. The molecule has 2 rings (SSSR count). The standard InChI is InChI=1S/C13H21BN2O2/c1-2-3-12-8-11(14(17)18)9-13(16-12)10-4-6-15-7-5-10/h8-10,15,17-18H,2-7H2,1H3. The second-order valence-corrected chi connectivity index (χ2v) is 4.96. The summed E-state index contributed by atoms with van der Waals surface area (Å²) in [5, 5.41) is 22.0. The number of aryl methyl sites for hydroxylation is 1. The summed E-state index contributed by atoms with van der Waals surface area (Å²) < 4.78 is 0. The minimum Gasteiger partial charge on any atom is -0.423 e. The smallest absolute Gasteiger partial charge is 0.423 e. The van der Waals surface area contributed by atoms with Crippen molar-refractivity contribution in [3.8, 4) is 0 Å². The molecule has 2 heterocycles. The lowest BCUT2D eigenvalue weighted by Gasteiger charge is -2.23. The largest absolute Gasteiger partial charge is 0.488 e. The summed E-state index contributed by atoms with van der Waals surface area (Å²) in [5.74, 6) is 0.445. The van der Waals surface area contributed by atoms with Crippen LogP contribution in [0.1, 0.15) is 43.5 Å². The molecule has 5 heteroatoms. The van der Waals surface area contributed by atoms with Gasteiger partial charge in [-0.25, -0.2) is 0 Å². The third-order valence-electron chi connectivity index (χ3n) is 3.48. The second kappa shape index (κ2) is 6.32. The predicted molar refractivity (Wildman–Crippen MR) is 72.9 cm³/mol. The first kappa shape index (κ1) is 13.5. The van der Waals surface area contributed by atoms with Gasteiger partial charge in [0.2, 0.25) is 0 Å². The number of hydrogen-bond donors (Lipinski definition) is 3. The van der Waals surface area contributed by atoms with Crippen LogP contribution in [0.2, 0.25) is 0 Å². The fourth-order valence-corrected chi connectivity index (χ4v) is 2.50. The van der Waals surface area contributed by atoms with E-state index in [9.17, 15) is 10.0 Å². The van der Waals surface area contributed by atoms with Crippen molar-refractivity contribution >= 4 is 12.6 Å². The summed E-state index contributed by atoms with van der Waals surface area (Å²) in [6.45, 7) is 4.14. The zero-order valence-corrected chi connectivity index (χ0v) is 10.9. The van der Waals surface area contributed by atoms with Gasteiger partial charge in [0.1, 0.15) is 0 Å². The van der Waals surface area contributed by atoms with Crippen molar-refractivity contribution in [3.05, 3.63) is 23.5 Å². The van der Waals surface area contributed by atoms with Gasteiger partial charge < -0.3 is 15.4 Å². The van der Waals surface area contributed by atoms with Gasteiger partial charge in [0.25, 0.3) is 0 Å². The Bertz CT molecular complexity index is 393. The molecule has 0 spiro atoms. The molecule has 18 heavy (non-hydrogen) atoms. The molecule has 0 aliphatic carbocycles. The molecule has 0 amide bonds. The van der Waals surface area contributed by atoms with Gasteiger partial charge in [-0.3, -0.25) is 4.98 Å². The highest BCUT2D eigenvalue weighted by Crippen LogP contribution is 2.23. The Morgan fingerprint density at radius 2 is 2.06 bits per heavy atom. The van der Waals surface area contributed by atoms with Crippen LogP contribution in [-0.4, -0.2) is 35.2 Å². The van der Waals surface area contributed by atoms with E-state index in [1.165, 1.54) is 0 Å². The van der Waals surface area contributed by atoms with E-state index in [4.69, 9.17) is 0 Å². The average Bonchev–Trinajstić information content (AvgIpc) is 2.40. The third-order valence-corrected chi connectivity index (χ3v) is 3.48. The molecular weight excluding hydrogens is 227 g/mol. The van der Waals surface area contributed by atoms with Crippen LogP contribution in [-0.2, 0) is 6.42 Å². The Morgan fingerprint density at radius 3 is 2.67 bits per heavy atom. The summed E-state index contributed by atoms with van der Waals surface area (Å²) in [4.78, 5) is 4.68. The monoisotopic (exact) mass is 248 g/mol. The Balaban J connectivity index is 2.26. The lowest BCUT2D eigenvalue weighted by molar-refractivity contribution is 0.425. The van der Waals surface area contributed by atoms with Gasteiger partial charge in [0.05, 0.1) is 0 Å². The zero-order chi connectivity index (χ0) is 13.0. The van der Waals surface area contributed by atoms with Gasteiger partial charge in [0.15, 0.2) is 0 Å². The van der Waals surface area contributed by atoms with Gasteiger partial charge in [-0.1, -0.05) is 13.3 Å². The van der Waals surface area contributed by atoms with Crippen molar-refractivity contribution in [2.75, 3.05) is 13.1 Å². The van der Waals surface area contributed by atoms with E-state index < -0.39 is 7.12 Å². The molecule has 1 saturated heterocycles. The van der Waals surface area contributed by atoms with Gasteiger partial charge in [0, 0.05) is 17.3 Å². The van der Waals surface area contributed by atoms with E-state index in [1.54, 1.807) is 6.07 Å². The summed E-state index contributed by atoms with van der Waals surface area (Å²) in [6, 6.07) is 3.65. The number of pyridine rings is 1. The first-order chi connectivity index (χ1) is 8.70. The van der Waals surface area contributed by atoms with E-state index in [-0.39, 0.29) is 0 Å². The Hall–Kier alpha value is -0.905. The molecule has 3 N–H and O–H groups in total. The molecule has 98 valence electrons. The molecular formula is C13H21BN2O2. The van der Waals surface area contributed by atoms with Crippen molar-refractivity contribution in [1.82, 2.24) is 10.3 Å². The Kier molecular flexibility index (Phi) is 4.75. The molecule has 0 unspecified atom stereocenters. The number of nitrogens with zero attached hydrogens (tertiary/aromatic N) is 1. The van der Waals surface area contributed by atoms with E-state index in [0.29, 0.717) is 11.4 Å². The van der Waals surface area contributed by atoms with Crippen molar-refractivity contribution < 1.29 is 10.0 Å². The fraction of sp³-hybridized carbons (Fsp3) is 0.615. The molecule has 0 radical (unpaired) electrons.